The molecular weight excluding hydrogens is 479 g/mol. The summed E-state index contributed by atoms with van der Waals surface area (Å²) in [6.07, 6.45) is -1.04. The standard InChI is InChI=1S/C27H27FN4O5/c1-29(2)7-8-31-23-11-21(20-10-18(33)9-17-5-3-4-6-19(17)20)22(28)12-24(23)32(26(35)25(31)34)15-16-13-30(14-16)27(36)37/h3-6,9-12,16,33H,7-8,13-15H2,1-2H3,(H,36,37). The van der Waals surface area contributed by atoms with Crippen molar-refractivity contribution in [3.8, 4) is 16.9 Å². The predicted octanol–water partition coefficient (Wildman–Crippen LogP) is 3.00. The molecule has 0 unspecified atom stereocenters. The number of carbonyl (C=O) groups is 1. The fourth-order valence-electron chi connectivity index (χ4n) is 4.96. The number of nitrogens with zero attached hydrogens (tertiary/aromatic N) is 4. The molecule has 2 heterocycles. The number of benzene rings is 3. The number of phenolic OH excluding ortho intramolecular Hbond substituents is 1. The summed E-state index contributed by atoms with van der Waals surface area (Å²) in [5, 5.41) is 20.9. The number of phenols is 1. The molecule has 1 aliphatic heterocycles. The van der Waals surface area contributed by atoms with Crippen LogP contribution in [-0.2, 0) is 13.1 Å². The fourth-order valence-corrected chi connectivity index (χ4v) is 4.96. The third-order valence-corrected chi connectivity index (χ3v) is 6.90. The van der Waals surface area contributed by atoms with Gasteiger partial charge in [0.2, 0.25) is 0 Å². The maximum atomic E-state index is 15.7. The Morgan fingerprint density at radius 2 is 1.68 bits per heavy atom. The molecule has 10 heteroatoms. The van der Waals surface area contributed by atoms with Gasteiger partial charge in [0.05, 0.1) is 11.0 Å². The minimum absolute atomic E-state index is 0.0175. The lowest BCUT2D eigenvalue weighted by atomic mass is 9.96. The molecule has 1 aliphatic rings. The van der Waals surface area contributed by atoms with Crippen molar-refractivity contribution in [3.05, 3.63) is 75.1 Å². The van der Waals surface area contributed by atoms with Gasteiger partial charge in [0.15, 0.2) is 0 Å². The van der Waals surface area contributed by atoms with Crippen molar-refractivity contribution < 1.29 is 19.4 Å². The molecule has 0 spiro atoms. The van der Waals surface area contributed by atoms with Crippen LogP contribution >= 0.6 is 0 Å². The van der Waals surface area contributed by atoms with Crippen LogP contribution in [-0.4, -0.2) is 69.0 Å². The topological polar surface area (TPSA) is 108 Å². The molecule has 192 valence electrons. The molecule has 0 atom stereocenters. The summed E-state index contributed by atoms with van der Waals surface area (Å²) in [4.78, 5) is 40.7. The average Bonchev–Trinajstić information content (AvgIpc) is 2.82. The van der Waals surface area contributed by atoms with E-state index in [-0.39, 0.29) is 48.9 Å². The van der Waals surface area contributed by atoms with E-state index in [0.717, 1.165) is 10.8 Å². The van der Waals surface area contributed by atoms with Crippen molar-refractivity contribution in [3.63, 3.8) is 0 Å². The van der Waals surface area contributed by atoms with E-state index in [2.05, 4.69) is 0 Å². The Balaban J connectivity index is 1.73. The molecule has 37 heavy (non-hydrogen) atoms. The second kappa shape index (κ2) is 9.36. The van der Waals surface area contributed by atoms with Gasteiger partial charge in [-0.1, -0.05) is 24.3 Å². The summed E-state index contributed by atoms with van der Waals surface area (Å²) >= 11 is 0. The Labute approximate surface area is 211 Å². The Kier molecular flexibility index (Phi) is 6.20. The Morgan fingerprint density at radius 3 is 2.38 bits per heavy atom. The molecule has 9 nitrogen and oxygen atoms in total. The Morgan fingerprint density at radius 1 is 1.00 bits per heavy atom. The quantitative estimate of drug-likeness (QED) is 0.390. The van der Waals surface area contributed by atoms with E-state index in [1.807, 2.05) is 43.3 Å². The molecule has 1 aromatic heterocycles. The number of likely N-dealkylation sites (N-methyl/N-ethyl adjacent to an activating group) is 1. The van der Waals surface area contributed by atoms with Gasteiger partial charge in [0.25, 0.3) is 0 Å². The van der Waals surface area contributed by atoms with Gasteiger partial charge in [-0.3, -0.25) is 9.59 Å². The second-order valence-electron chi connectivity index (χ2n) is 9.76. The van der Waals surface area contributed by atoms with Crippen LogP contribution in [0.2, 0.25) is 0 Å². The molecule has 1 fully saturated rings. The number of fused-ring (bicyclic) bond motifs is 2. The molecule has 0 radical (unpaired) electrons. The first-order chi connectivity index (χ1) is 17.6. The molecular formula is C27H27FN4O5. The summed E-state index contributed by atoms with van der Waals surface area (Å²) in [6, 6.07) is 13.2. The van der Waals surface area contributed by atoms with Crippen LogP contribution in [0, 0.1) is 11.7 Å². The van der Waals surface area contributed by atoms with Crippen LogP contribution in [0.5, 0.6) is 5.75 Å². The van der Waals surface area contributed by atoms with Crippen molar-refractivity contribution >= 4 is 27.9 Å². The van der Waals surface area contributed by atoms with Crippen molar-refractivity contribution in [2.75, 3.05) is 33.7 Å². The molecule has 3 aromatic carbocycles. The van der Waals surface area contributed by atoms with Crippen molar-refractivity contribution in [2.45, 2.75) is 13.1 Å². The van der Waals surface area contributed by atoms with Crippen LogP contribution in [0.3, 0.4) is 0 Å². The van der Waals surface area contributed by atoms with Crippen molar-refractivity contribution in [1.29, 1.82) is 0 Å². The molecule has 5 rings (SSSR count). The zero-order valence-electron chi connectivity index (χ0n) is 20.5. The van der Waals surface area contributed by atoms with Crippen LogP contribution in [0.4, 0.5) is 9.18 Å². The normalized spacial score (nSPS) is 14.0. The van der Waals surface area contributed by atoms with Gasteiger partial charge in [0, 0.05) is 50.3 Å². The average molecular weight is 507 g/mol. The minimum atomic E-state index is -1.04. The van der Waals surface area contributed by atoms with Gasteiger partial charge >= 0.3 is 17.2 Å². The highest BCUT2D eigenvalue weighted by Gasteiger charge is 2.31. The highest BCUT2D eigenvalue weighted by Crippen LogP contribution is 2.35. The largest absolute Gasteiger partial charge is 0.508 e. The minimum Gasteiger partial charge on any atom is -0.508 e. The molecule has 0 aliphatic carbocycles. The number of hydrogen-bond donors (Lipinski definition) is 2. The Hall–Kier alpha value is -4.18. The monoisotopic (exact) mass is 506 g/mol. The molecule has 1 amide bonds. The third-order valence-electron chi connectivity index (χ3n) is 6.90. The van der Waals surface area contributed by atoms with E-state index >= 15 is 4.39 Å². The number of amides is 1. The lowest BCUT2D eigenvalue weighted by Gasteiger charge is -2.37. The second-order valence-corrected chi connectivity index (χ2v) is 9.76. The first-order valence-electron chi connectivity index (χ1n) is 12.0. The zero-order valence-corrected chi connectivity index (χ0v) is 20.5. The number of hydrogen-bond acceptors (Lipinski definition) is 5. The number of likely N-dealkylation sites (tertiary alicyclic amines) is 1. The summed E-state index contributed by atoms with van der Waals surface area (Å²) in [5.41, 5.74) is -0.163. The van der Waals surface area contributed by atoms with E-state index in [4.69, 9.17) is 5.11 Å². The summed E-state index contributed by atoms with van der Waals surface area (Å²) in [7, 11) is 3.70. The van der Waals surface area contributed by atoms with E-state index < -0.39 is 23.0 Å². The van der Waals surface area contributed by atoms with Crippen LogP contribution in [0.25, 0.3) is 32.9 Å². The van der Waals surface area contributed by atoms with E-state index in [9.17, 15) is 19.5 Å². The van der Waals surface area contributed by atoms with E-state index in [1.165, 1.54) is 26.2 Å². The highest BCUT2D eigenvalue weighted by atomic mass is 19.1. The number of aromatic hydroxyl groups is 1. The molecule has 0 bridgehead atoms. The molecule has 1 saturated heterocycles. The maximum absolute atomic E-state index is 15.7. The number of carboxylic acid groups (broad SMARTS) is 1. The van der Waals surface area contributed by atoms with Crippen molar-refractivity contribution in [2.24, 2.45) is 5.92 Å². The molecule has 0 saturated carbocycles. The van der Waals surface area contributed by atoms with Gasteiger partial charge in [-0.15, -0.1) is 0 Å². The van der Waals surface area contributed by atoms with Gasteiger partial charge in [-0.05, 0) is 48.6 Å². The van der Waals surface area contributed by atoms with Crippen LogP contribution in [0.15, 0.2) is 58.1 Å². The van der Waals surface area contributed by atoms with Crippen molar-refractivity contribution in [1.82, 2.24) is 18.9 Å². The number of halogens is 1. The van der Waals surface area contributed by atoms with Gasteiger partial charge in [-0.2, -0.15) is 0 Å². The van der Waals surface area contributed by atoms with E-state index in [0.29, 0.717) is 17.6 Å². The van der Waals surface area contributed by atoms with Gasteiger partial charge in [0.1, 0.15) is 11.6 Å². The number of rotatable bonds is 6. The summed E-state index contributed by atoms with van der Waals surface area (Å²) in [5.74, 6) is -0.780. The smallest absolute Gasteiger partial charge is 0.407 e. The molecule has 2 N–H and O–H groups in total. The zero-order chi connectivity index (χ0) is 26.4. The number of aromatic nitrogens is 2. The SMILES string of the molecule is CN(C)CCn1c(=O)c(=O)n(CC2CN(C(=O)O)C2)c2cc(F)c(-c3cc(O)cc4ccccc34)cc21. The molecule has 4 aromatic rings. The summed E-state index contributed by atoms with van der Waals surface area (Å²) < 4.78 is 18.4. The Bertz CT molecular complexity index is 1650. The lowest BCUT2D eigenvalue weighted by Crippen LogP contribution is -2.52. The van der Waals surface area contributed by atoms with Crippen LogP contribution < -0.4 is 11.1 Å². The van der Waals surface area contributed by atoms with Gasteiger partial charge < -0.3 is 29.1 Å². The van der Waals surface area contributed by atoms with Gasteiger partial charge in [-0.25, -0.2) is 9.18 Å². The van der Waals surface area contributed by atoms with E-state index in [1.54, 1.807) is 12.1 Å². The summed E-state index contributed by atoms with van der Waals surface area (Å²) in [6.45, 7) is 1.29. The lowest BCUT2D eigenvalue weighted by molar-refractivity contribution is 0.0748. The van der Waals surface area contributed by atoms with Crippen LogP contribution in [0.1, 0.15) is 0 Å². The first-order valence-corrected chi connectivity index (χ1v) is 12.0. The third kappa shape index (κ3) is 4.44. The first kappa shape index (κ1) is 24.5. The maximum Gasteiger partial charge on any atom is 0.407 e. The predicted molar refractivity (Wildman–Crippen MR) is 139 cm³/mol. The highest BCUT2D eigenvalue weighted by molar-refractivity contribution is 5.99. The fraction of sp³-hybridized carbons (Fsp3) is 0.296.